The van der Waals surface area contributed by atoms with Crippen LogP contribution in [0.3, 0.4) is 0 Å². The van der Waals surface area contributed by atoms with Gasteiger partial charge in [0.1, 0.15) is 13.2 Å². The van der Waals surface area contributed by atoms with Gasteiger partial charge in [-0.3, -0.25) is 13.8 Å². The normalized spacial score (nSPS) is 13.6. The molecular weight excluding hydrogens is 1010 g/mol. The summed E-state index contributed by atoms with van der Waals surface area (Å²) in [5, 5.41) is 14.0. The third-order valence-corrected chi connectivity index (χ3v) is 18.0. The van der Waals surface area contributed by atoms with Crippen LogP contribution < -0.4 is 5.32 Å². The lowest BCUT2D eigenvalue weighted by Gasteiger charge is -2.25. The molecule has 0 saturated heterocycles. The van der Waals surface area contributed by atoms with E-state index in [9.17, 15) is 19.4 Å². The Morgan fingerprint density at radius 2 is 0.662 bits per heavy atom. The first kappa shape index (κ1) is 79.2. The second-order valence-corrected chi connectivity index (χ2v) is 27.8. The number of amides is 1. The lowest BCUT2D eigenvalue weighted by molar-refractivity contribution is -0.870. The summed E-state index contributed by atoms with van der Waals surface area (Å²) in [6.07, 6.45) is 81.0. The van der Waals surface area contributed by atoms with Gasteiger partial charge >= 0.3 is 7.82 Å². The third kappa shape index (κ3) is 64.8. The van der Waals surface area contributed by atoms with E-state index in [0.717, 1.165) is 32.1 Å². The maximum absolute atomic E-state index is 13.0. The number of rotatable bonds is 68. The van der Waals surface area contributed by atoms with Crippen LogP contribution in [-0.4, -0.2) is 73.4 Å². The van der Waals surface area contributed by atoms with Crippen LogP contribution in [0.5, 0.6) is 0 Å². The fraction of sp³-hybridized carbons (Fsp3) is 0.958. The van der Waals surface area contributed by atoms with E-state index in [1.54, 1.807) is 6.08 Å². The van der Waals surface area contributed by atoms with Crippen molar-refractivity contribution >= 4 is 13.7 Å². The van der Waals surface area contributed by atoms with Crippen LogP contribution in [0.15, 0.2) is 12.2 Å². The van der Waals surface area contributed by atoms with E-state index >= 15 is 0 Å². The van der Waals surface area contributed by atoms with Crippen molar-refractivity contribution < 1.29 is 32.9 Å². The average molecular weight is 1150 g/mol. The van der Waals surface area contributed by atoms with Crippen LogP contribution in [0.25, 0.3) is 0 Å². The first-order valence-electron chi connectivity index (χ1n) is 36.1. The maximum Gasteiger partial charge on any atom is 0.472 e. The molecular formula is C71H144N2O6P+. The highest BCUT2D eigenvalue weighted by molar-refractivity contribution is 7.47. The lowest BCUT2D eigenvalue weighted by atomic mass is 10.0. The fourth-order valence-corrected chi connectivity index (χ4v) is 12.1. The molecule has 0 aromatic heterocycles. The third-order valence-electron chi connectivity index (χ3n) is 17.0. The molecule has 9 heteroatoms. The summed E-state index contributed by atoms with van der Waals surface area (Å²) in [5.74, 6) is -0.167. The van der Waals surface area contributed by atoms with E-state index in [1.165, 1.54) is 334 Å². The first-order valence-corrected chi connectivity index (χ1v) is 37.6. The molecule has 0 aromatic rings. The summed E-state index contributed by atoms with van der Waals surface area (Å²) in [6, 6.07) is -0.843. The van der Waals surface area contributed by atoms with Crippen LogP contribution in [0.4, 0.5) is 0 Å². The Labute approximate surface area is 501 Å². The summed E-state index contributed by atoms with van der Waals surface area (Å²) in [5.41, 5.74) is 0. The molecule has 3 atom stereocenters. The number of aliphatic hydroxyl groups excluding tert-OH is 1. The van der Waals surface area contributed by atoms with Gasteiger partial charge in [-0.1, -0.05) is 373 Å². The van der Waals surface area contributed by atoms with Gasteiger partial charge in [-0.05, 0) is 19.3 Å². The quantitative estimate of drug-likeness (QED) is 0.0243. The molecule has 0 aliphatic carbocycles. The van der Waals surface area contributed by atoms with Crippen molar-refractivity contribution in [3.05, 3.63) is 12.2 Å². The van der Waals surface area contributed by atoms with Crippen molar-refractivity contribution in [2.45, 2.75) is 398 Å². The number of unbranched alkanes of at least 4 members (excludes halogenated alkanes) is 55. The number of phosphoric acid groups is 1. The van der Waals surface area contributed by atoms with Gasteiger partial charge in [0.05, 0.1) is 39.9 Å². The van der Waals surface area contributed by atoms with Crippen molar-refractivity contribution in [3.63, 3.8) is 0 Å². The Bertz CT molecular complexity index is 1310. The van der Waals surface area contributed by atoms with Crippen molar-refractivity contribution in [1.82, 2.24) is 5.32 Å². The molecule has 0 spiro atoms. The molecule has 3 N–H and O–H groups in total. The average Bonchev–Trinajstić information content (AvgIpc) is 3.42. The highest BCUT2D eigenvalue weighted by atomic mass is 31.2. The monoisotopic (exact) mass is 1150 g/mol. The van der Waals surface area contributed by atoms with E-state index < -0.39 is 20.0 Å². The minimum Gasteiger partial charge on any atom is -0.387 e. The molecule has 478 valence electrons. The number of allylic oxidation sites excluding steroid dienone is 1. The molecule has 0 aliphatic heterocycles. The minimum absolute atomic E-state index is 0.0654. The summed E-state index contributed by atoms with van der Waals surface area (Å²) >= 11 is 0. The summed E-state index contributed by atoms with van der Waals surface area (Å²) in [7, 11) is 1.59. The predicted molar refractivity (Wildman–Crippen MR) is 351 cm³/mol. The number of hydrogen-bond donors (Lipinski definition) is 3. The van der Waals surface area contributed by atoms with Crippen LogP contribution in [-0.2, 0) is 18.4 Å². The van der Waals surface area contributed by atoms with Gasteiger partial charge in [-0.25, -0.2) is 4.57 Å². The molecule has 0 bridgehead atoms. The number of phosphoric ester groups is 1. The lowest BCUT2D eigenvalue weighted by Crippen LogP contribution is -2.45. The summed E-state index contributed by atoms with van der Waals surface area (Å²) in [4.78, 5) is 23.4. The largest absolute Gasteiger partial charge is 0.472 e. The predicted octanol–water partition coefficient (Wildman–Crippen LogP) is 22.9. The number of hydrogen-bond acceptors (Lipinski definition) is 5. The number of nitrogens with one attached hydrogen (secondary N) is 1. The van der Waals surface area contributed by atoms with Crippen molar-refractivity contribution in [2.24, 2.45) is 0 Å². The smallest absolute Gasteiger partial charge is 0.387 e. The van der Waals surface area contributed by atoms with Crippen LogP contribution >= 0.6 is 7.82 Å². The molecule has 0 aliphatic rings. The standard InChI is InChI=1S/C71H143N2O6P/c1-6-8-10-12-14-16-18-20-22-24-26-27-28-29-30-31-32-33-34-35-36-37-38-39-40-41-42-43-44-45-47-49-51-53-55-57-59-61-63-65-71(75)72-69(68-79-80(76,77)78-67-66-73(3,4)5)70(74)64-62-60-58-56-54-52-50-48-46-25-23-21-19-17-15-13-11-9-7-2/h62,64,69-70,74H,6-61,63,65-68H2,1-5H3,(H-,72,75,76,77)/p+1/b64-62+. The number of likely N-dealkylation sites (N-methyl/N-ethyl adjacent to an activating group) is 1. The van der Waals surface area contributed by atoms with E-state index in [-0.39, 0.29) is 19.1 Å². The van der Waals surface area contributed by atoms with Crippen LogP contribution in [0.2, 0.25) is 0 Å². The van der Waals surface area contributed by atoms with E-state index in [1.807, 2.05) is 27.2 Å². The maximum atomic E-state index is 13.0. The number of nitrogens with zero attached hydrogens (tertiary/aromatic N) is 1. The van der Waals surface area contributed by atoms with Gasteiger partial charge in [-0.15, -0.1) is 0 Å². The van der Waals surface area contributed by atoms with Gasteiger partial charge in [-0.2, -0.15) is 0 Å². The zero-order chi connectivity index (χ0) is 58.4. The second-order valence-electron chi connectivity index (χ2n) is 26.3. The number of aliphatic hydroxyl groups is 1. The van der Waals surface area contributed by atoms with E-state index in [2.05, 4.69) is 19.2 Å². The Kier molecular flexibility index (Phi) is 62.2. The van der Waals surface area contributed by atoms with Crippen molar-refractivity contribution in [2.75, 3.05) is 40.9 Å². The minimum atomic E-state index is -4.35. The van der Waals surface area contributed by atoms with E-state index in [4.69, 9.17) is 9.05 Å². The fourth-order valence-electron chi connectivity index (χ4n) is 11.4. The van der Waals surface area contributed by atoms with Crippen molar-refractivity contribution in [1.29, 1.82) is 0 Å². The van der Waals surface area contributed by atoms with Gasteiger partial charge in [0.15, 0.2) is 0 Å². The number of carbonyl (C=O) groups is 1. The Morgan fingerprint density at radius 3 is 0.925 bits per heavy atom. The number of carbonyl (C=O) groups excluding carboxylic acids is 1. The molecule has 80 heavy (non-hydrogen) atoms. The van der Waals surface area contributed by atoms with Gasteiger partial charge < -0.3 is 19.8 Å². The molecule has 0 heterocycles. The summed E-state index contributed by atoms with van der Waals surface area (Å²) in [6.45, 7) is 4.88. The van der Waals surface area contributed by atoms with Gasteiger partial charge in [0, 0.05) is 6.42 Å². The Morgan fingerprint density at radius 1 is 0.412 bits per heavy atom. The molecule has 0 saturated carbocycles. The number of quaternary nitrogens is 1. The molecule has 0 rings (SSSR count). The van der Waals surface area contributed by atoms with E-state index in [0.29, 0.717) is 17.4 Å². The van der Waals surface area contributed by atoms with Crippen LogP contribution in [0, 0.1) is 0 Å². The second kappa shape index (κ2) is 62.8. The SMILES string of the molecule is CCCCCCCCCCCCCCCCCCC/C=C/C(O)C(COP(=O)(O)OCC[N+](C)(C)C)NC(=O)CCCCCCCCCCCCCCCCCCCCCCCCCCCCCCCCCCCCCCCCC. The zero-order valence-corrected chi connectivity index (χ0v) is 55.8. The molecule has 0 aromatic carbocycles. The molecule has 0 radical (unpaired) electrons. The van der Waals surface area contributed by atoms with Crippen molar-refractivity contribution in [3.8, 4) is 0 Å². The Hall–Kier alpha value is -0.760. The summed E-state index contributed by atoms with van der Waals surface area (Å²) < 4.78 is 23.8. The topological polar surface area (TPSA) is 105 Å². The van der Waals surface area contributed by atoms with Gasteiger partial charge in [0.25, 0.3) is 0 Å². The first-order chi connectivity index (χ1) is 39.0. The molecule has 0 fully saturated rings. The molecule has 3 unspecified atom stereocenters. The Balaban J connectivity index is 3.88. The zero-order valence-electron chi connectivity index (χ0n) is 54.9. The molecule has 1 amide bonds. The highest BCUT2D eigenvalue weighted by Gasteiger charge is 2.28. The highest BCUT2D eigenvalue weighted by Crippen LogP contribution is 2.43. The molecule has 8 nitrogen and oxygen atoms in total. The van der Waals surface area contributed by atoms with Crippen LogP contribution in [0.1, 0.15) is 386 Å². The van der Waals surface area contributed by atoms with Gasteiger partial charge in [0.2, 0.25) is 5.91 Å².